The smallest absolute Gasteiger partial charge is 0.240 e. The molecule has 27 heavy (non-hydrogen) atoms. The lowest BCUT2D eigenvalue weighted by molar-refractivity contribution is -0.135. The second-order valence-electron chi connectivity index (χ2n) is 7.89. The molecule has 0 aromatic carbocycles. The molecule has 0 radical (unpaired) electrons. The number of carbonyl (C=O) groups is 2. The van der Waals surface area contributed by atoms with Crippen molar-refractivity contribution in [1.82, 2.24) is 25.1 Å². The van der Waals surface area contributed by atoms with Crippen molar-refractivity contribution in [2.75, 3.05) is 19.6 Å². The van der Waals surface area contributed by atoms with Crippen LogP contribution < -0.4 is 5.32 Å². The molecule has 0 spiro atoms. The second-order valence-corrected chi connectivity index (χ2v) is 7.89. The number of amides is 2. The molecular weight excluding hydrogens is 342 g/mol. The van der Waals surface area contributed by atoms with E-state index in [0.29, 0.717) is 32.6 Å². The van der Waals surface area contributed by atoms with Gasteiger partial charge in [-0.05, 0) is 40.0 Å². The predicted molar refractivity (Wildman–Crippen MR) is 104 cm³/mol. The molecule has 2 amide bonds. The molecule has 1 aliphatic heterocycles. The number of likely N-dealkylation sites (tertiary alicyclic amines) is 1. The Morgan fingerprint density at radius 3 is 2.59 bits per heavy atom. The van der Waals surface area contributed by atoms with Gasteiger partial charge in [-0.25, -0.2) is 4.98 Å². The van der Waals surface area contributed by atoms with E-state index in [1.165, 1.54) is 0 Å². The molecule has 1 aliphatic carbocycles. The normalized spacial score (nSPS) is 23.7. The van der Waals surface area contributed by atoms with Gasteiger partial charge in [-0.1, -0.05) is 12.8 Å². The number of carbonyl (C=O) groups excluding carboxylic acids is 2. The molecular formula is C20H33N5O2. The molecule has 1 aromatic heterocycles. The van der Waals surface area contributed by atoms with Crippen LogP contribution in [0.4, 0.5) is 0 Å². The van der Waals surface area contributed by atoms with Crippen molar-refractivity contribution in [2.45, 2.75) is 71.5 Å². The van der Waals surface area contributed by atoms with Crippen LogP contribution in [0.2, 0.25) is 0 Å². The highest BCUT2D eigenvalue weighted by Gasteiger charge is 2.39. The predicted octanol–water partition coefficient (Wildman–Crippen LogP) is 1.84. The second kappa shape index (κ2) is 8.87. The van der Waals surface area contributed by atoms with Gasteiger partial charge in [-0.2, -0.15) is 0 Å². The summed E-state index contributed by atoms with van der Waals surface area (Å²) in [5, 5.41) is 3.22. The molecule has 2 N–H and O–H groups in total. The Morgan fingerprint density at radius 1 is 1.30 bits per heavy atom. The van der Waals surface area contributed by atoms with Crippen LogP contribution in [0.5, 0.6) is 0 Å². The number of hydrogen-bond acceptors (Lipinski definition) is 4. The Labute approximate surface area is 161 Å². The number of hydrogen-bond donors (Lipinski definition) is 2. The number of imidazole rings is 1. The van der Waals surface area contributed by atoms with Crippen molar-refractivity contribution in [2.24, 2.45) is 5.92 Å². The number of likely N-dealkylation sites (N-methyl/N-ethyl adjacent to an activating group) is 1. The Kier molecular flexibility index (Phi) is 6.52. The van der Waals surface area contributed by atoms with E-state index in [1.807, 2.05) is 31.9 Å². The zero-order valence-electron chi connectivity index (χ0n) is 16.8. The van der Waals surface area contributed by atoms with E-state index in [4.69, 9.17) is 0 Å². The number of aromatic nitrogens is 2. The molecule has 3 rings (SSSR count). The van der Waals surface area contributed by atoms with Crippen molar-refractivity contribution in [3.8, 4) is 0 Å². The highest BCUT2D eigenvalue weighted by molar-refractivity contribution is 5.83. The van der Waals surface area contributed by atoms with Crippen LogP contribution in [0.3, 0.4) is 0 Å². The number of rotatable bonds is 7. The van der Waals surface area contributed by atoms with E-state index in [0.717, 1.165) is 37.2 Å². The molecule has 2 fully saturated rings. The van der Waals surface area contributed by atoms with Crippen LogP contribution in [-0.4, -0.2) is 63.3 Å². The quantitative estimate of drug-likeness (QED) is 0.762. The summed E-state index contributed by atoms with van der Waals surface area (Å²) in [6.45, 7) is 8.70. The molecule has 1 saturated carbocycles. The first-order chi connectivity index (χ1) is 13.0. The third kappa shape index (κ3) is 4.69. The third-order valence-electron chi connectivity index (χ3n) is 5.94. The first-order valence-electron chi connectivity index (χ1n) is 10.4. The van der Waals surface area contributed by atoms with Crippen molar-refractivity contribution in [3.63, 3.8) is 0 Å². The minimum absolute atomic E-state index is 0.0265. The van der Waals surface area contributed by atoms with Crippen molar-refractivity contribution < 1.29 is 9.59 Å². The van der Waals surface area contributed by atoms with Gasteiger partial charge in [0.1, 0.15) is 5.82 Å². The zero-order chi connectivity index (χ0) is 19.4. The number of aromatic amines is 1. The molecule has 2 aliphatic rings. The van der Waals surface area contributed by atoms with Gasteiger partial charge in [0.25, 0.3) is 0 Å². The highest BCUT2D eigenvalue weighted by Crippen LogP contribution is 2.27. The SMILES string of the molecule is CCN(CC)C(=O)[C@@H]1C[C@@H](NC(=O)C2CCCC2)CN1Cc1ncc(C)[nH]1. The molecule has 7 heteroatoms. The van der Waals surface area contributed by atoms with Gasteiger partial charge < -0.3 is 15.2 Å². The number of nitrogens with one attached hydrogen (secondary N) is 2. The van der Waals surface area contributed by atoms with Crippen LogP contribution in [-0.2, 0) is 16.1 Å². The van der Waals surface area contributed by atoms with Crippen molar-refractivity contribution in [1.29, 1.82) is 0 Å². The van der Waals surface area contributed by atoms with Crippen molar-refractivity contribution >= 4 is 11.8 Å². The minimum atomic E-state index is -0.204. The molecule has 0 unspecified atom stereocenters. The fourth-order valence-electron chi connectivity index (χ4n) is 4.43. The summed E-state index contributed by atoms with van der Waals surface area (Å²) in [6, 6.07) is -0.178. The van der Waals surface area contributed by atoms with E-state index in [2.05, 4.69) is 20.2 Å². The van der Waals surface area contributed by atoms with Gasteiger partial charge in [-0.15, -0.1) is 0 Å². The molecule has 0 bridgehead atoms. The van der Waals surface area contributed by atoms with Gasteiger partial charge in [0, 0.05) is 43.5 Å². The molecule has 1 saturated heterocycles. The zero-order valence-corrected chi connectivity index (χ0v) is 16.8. The third-order valence-corrected chi connectivity index (χ3v) is 5.94. The van der Waals surface area contributed by atoms with Crippen LogP contribution >= 0.6 is 0 Å². The Balaban J connectivity index is 1.69. The van der Waals surface area contributed by atoms with Gasteiger partial charge in [0.2, 0.25) is 11.8 Å². The van der Waals surface area contributed by atoms with Crippen LogP contribution in [0.15, 0.2) is 6.20 Å². The molecule has 1 aromatic rings. The molecule has 2 atom stereocenters. The van der Waals surface area contributed by atoms with E-state index in [-0.39, 0.29) is 29.8 Å². The summed E-state index contributed by atoms with van der Waals surface area (Å²) in [5.41, 5.74) is 1.02. The van der Waals surface area contributed by atoms with Crippen LogP contribution in [0.1, 0.15) is 57.5 Å². The average Bonchev–Trinajstić information content (AvgIpc) is 3.38. The minimum Gasteiger partial charge on any atom is -0.352 e. The number of nitrogens with zero attached hydrogens (tertiary/aromatic N) is 3. The summed E-state index contributed by atoms with van der Waals surface area (Å²) in [4.78, 5) is 37.3. The van der Waals surface area contributed by atoms with E-state index >= 15 is 0 Å². The lowest BCUT2D eigenvalue weighted by Crippen LogP contribution is -2.45. The summed E-state index contributed by atoms with van der Waals surface area (Å²) >= 11 is 0. The Bertz CT molecular complexity index is 649. The largest absolute Gasteiger partial charge is 0.352 e. The number of H-pyrrole nitrogens is 1. The highest BCUT2D eigenvalue weighted by atomic mass is 16.2. The van der Waals surface area contributed by atoms with Gasteiger partial charge in [-0.3, -0.25) is 14.5 Å². The van der Waals surface area contributed by atoms with E-state index < -0.39 is 0 Å². The van der Waals surface area contributed by atoms with Crippen molar-refractivity contribution in [3.05, 3.63) is 17.7 Å². The fraction of sp³-hybridized carbons (Fsp3) is 0.750. The van der Waals surface area contributed by atoms with Gasteiger partial charge in [0.15, 0.2) is 0 Å². The fourth-order valence-corrected chi connectivity index (χ4v) is 4.43. The lowest BCUT2D eigenvalue weighted by Gasteiger charge is -2.28. The standard InChI is InChI=1S/C20H33N5O2/c1-4-24(5-2)20(27)17-10-16(23-19(26)15-8-6-7-9-15)12-25(17)13-18-21-11-14(3)22-18/h11,15-17H,4-10,12-13H2,1-3H3,(H,21,22)(H,23,26)/t16-,17+/m1/s1. The van der Waals surface area contributed by atoms with Crippen LogP contribution in [0, 0.1) is 12.8 Å². The lowest BCUT2D eigenvalue weighted by atomic mass is 10.1. The maximum absolute atomic E-state index is 13.0. The molecule has 2 heterocycles. The first kappa shape index (κ1) is 19.9. The van der Waals surface area contributed by atoms with E-state index in [9.17, 15) is 9.59 Å². The molecule has 150 valence electrons. The van der Waals surface area contributed by atoms with E-state index in [1.54, 1.807) is 0 Å². The van der Waals surface area contributed by atoms with Gasteiger partial charge in [0.05, 0.1) is 12.6 Å². The summed E-state index contributed by atoms with van der Waals surface area (Å²) < 4.78 is 0. The first-order valence-corrected chi connectivity index (χ1v) is 10.4. The monoisotopic (exact) mass is 375 g/mol. The summed E-state index contributed by atoms with van der Waals surface area (Å²) in [7, 11) is 0. The summed E-state index contributed by atoms with van der Waals surface area (Å²) in [5.74, 6) is 1.35. The maximum atomic E-state index is 13.0. The topological polar surface area (TPSA) is 81.3 Å². The maximum Gasteiger partial charge on any atom is 0.240 e. The average molecular weight is 376 g/mol. The Hall–Kier alpha value is -1.89. The molecule has 7 nitrogen and oxygen atoms in total. The Morgan fingerprint density at radius 2 is 2.00 bits per heavy atom. The number of aryl methyl sites for hydroxylation is 1. The van der Waals surface area contributed by atoms with Gasteiger partial charge >= 0.3 is 0 Å². The summed E-state index contributed by atoms with van der Waals surface area (Å²) in [6.07, 6.45) is 6.77. The van der Waals surface area contributed by atoms with Crippen LogP contribution in [0.25, 0.3) is 0 Å².